The lowest BCUT2D eigenvalue weighted by atomic mass is 10.3. The lowest BCUT2D eigenvalue weighted by Crippen LogP contribution is -2.10. The fraction of sp³-hybridized carbons (Fsp3) is 0.200. The summed E-state index contributed by atoms with van der Waals surface area (Å²) in [5.74, 6) is -2.17. The lowest BCUT2D eigenvalue weighted by molar-refractivity contribution is -0.115. The molecule has 0 radical (unpaired) electrons. The van der Waals surface area contributed by atoms with Gasteiger partial charge in [-0.3, -0.25) is 9.59 Å². The first kappa shape index (κ1) is 20.7. The monoisotopic (exact) mass is 390 g/mol. The summed E-state index contributed by atoms with van der Waals surface area (Å²) in [7, 11) is 0. The van der Waals surface area contributed by atoms with Crippen molar-refractivity contribution in [3.05, 3.63) is 45.7 Å². The van der Waals surface area contributed by atoms with E-state index in [1.807, 2.05) is 0 Å². The number of pyridine rings is 2. The van der Waals surface area contributed by atoms with Crippen LogP contribution in [0.1, 0.15) is 19.4 Å². The fourth-order valence-corrected chi connectivity index (χ4v) is 1.76. The van der Waals surface area contributed by atoms with Gasteiger partial charge >= 0.3 is 0 Å². The number of anilines is 2. The minimum Gasteiger partial charge on any atom is -0.308 e. The number of nitrogens with zero attached hydrogens (tertiary/aromatic N) is 2. The number of hydrogen-bond acceptors (Lipinski definition) is 4. The summed E-state index contributed by atoms with van der Waals surface area (Å²) in [6, 6.07) is 1.08. The summed E-state index contributed by atoms with van der Waals surface area (Å²) in [5, 5.41) is 4.91. The predicted octanol–water partition coefficient (Wildman–Crippen LogP) is 3.97. The first-order valence-electron chi connectivity index (χ1n) is 6.78. The third-order valence-electron chi connectivity index (χ3n) is 2.60. The molecule has 0 aliphatic rings. The van der Waals surface area contributed by atoms with Crippen molar-refractivity contribution >= 4 is 46.7 Å². The van der Waals surface area contributed by atoms with Gasteiger partial charge in [-0.25, -0.2) is 18.7 Å². The lowest BCUT2D eigenvalue weighted by Gasteiger charge is -2.05. The van der Waals surface area contributed by atoms with E-state index in [1.54, 1.807) is 0 Å². The minimum absolute atomic E-state index is 0.0885. The van der Waals surface area contributed by atoms with E-state index < -0.39 is 11.6 Å². The molecule has 6 nitrogen and oxygen atoms in total. The van der Waals surface area contributed by atoms with Gasteiger partial charge in [-0.2, -0.15) is 0 Å². The van der Waals surface area contributed by atoms with Crippen LogP contribution in [-0.2, 0) is 9.59 Å². The molecule has 2 aromatic rings. The van der Waals surface area contributed by atoms with Crippen molar-refractivity contribution in [2.24, 2.45) is 0 Å². The van der Waals surface area contributed by atoms with E-state index in [4.69, 9.17) is 23.2 Å². The Hall–Kier alpha value is -2.32. The molecule has 0 saturated carbocycles. The molecule has 10 heteroatoms. The van der Waals surface area contributed by atoms with Gasteiger partial charge < -0.3 is 10.6 Å². The van der Waals surface area contributed by atoms with E-state index in [-0.39, 0.29) is 39.1 Å². The molecule has 25 heavy (non-hydrogen) atoms. The Morgan fingerprint density at radius 1 is 1.00 bits per heavy atom. The van der Waals surface area contributed by atoms with Crippen LogP contribution in [-0.4, -0.2) is 21.8 Å². The topological polar surface area (TPSA) is 84.0 Å². The van der Waals surface area contributed by atoms with Gasteiger partial charge in [0, 0.05) is 31.8 Å². The van der Waals surface area contributed by atoms with Gasteiger partial charge in [0.2, 0.25) is 11.8 Å². The third kappa shape index (κ3) is 6.60. The van der Waals surface area contributed by atoms with Gasteiger partial charge in [-0.1, -0.05) is 23.2 Å². The molecule has 0 atom stereocenters. The van der Waals surface area contributed by atoms with E-state index in [0.717, 1.165) is 6.07 Å². The molecule has 0 aliphatic heterocycles. The van der Waals surface area contributed by atoms with Crippen molar-refractivity contribution in [2.75, 3.05) is 10.6 Å². The smallest absolute Gasteiger partial charge is 0.222 e. The zero-order valence-corrected chi connectivity index (χ0v) is 15.0. The standard InChI is InChI=1S/C8H8ClFN2O.C7H6ClFN2O/c1-4-6(9)3-11-8(7(4)10)12-5(2)13;1-4(12)11-7-6(9)2-5(8)3-10-7/h3H,1-2H3,(H,11,12,13);2-3H,1H3,(H,10,11,12). The quantitative estimate of drug-likeness (QED) is 0.812. The second-order valence-electron chi connectivity index (χ2n) is 4.74. The Labute approximate surface area is 152 Å². The molecular weight excluding hydrogens is 377 g/mol. The van der Waals surface area contributed by atoms with E-state index >= 15 is 0 Å². The van der Waals surface area contributed by atoms with E-state index in [2.05, 4.69) is 20.6 Å². The van der Waals surface area contributed by atoms with Crippen LogP contribution in [0.3, 0.4) is 0 Å². The minimum atomic E-state index is -0.641. The summed E-state index contributed by atoms with van der Waals surface area (Å²) in [6.45, 7) is 4.07. The van der Waals surface area contributed by atoms with Crippen LogP contribution in [0.4, 0.5) is 20.4 Å². The number of nitrogens with one attached hydrogen (secondary N) is 2. The van der Waals surface area contributed by atoms with E-state index in [0.29, 0.717) is 0 Å². The third-order valence-corrected chi connectivity index (χ3v) is 3.19. The Morgan fingerprint density at radius 2 is 1.52 bits per heavy atom. The van der Waals surface area contributed by atoms with Crippen LogP contribution in [0.5, 0.6) is 0 Å². The highest BCUT2D eigenvalue weighted by atomic mass is 35.5. The van der Waals surface area contributed by atoms with Crippen LogP contribution >= 0.6 is 23.2 Å². The van der Waals surface area contributed by atoms with Gasteiger partial charge in [0.05, 0.1) is 10.0 Å². The number of aromatic nitrogens is 2. The van der Waals surface area contributed by atoms with Crippen molar-refractivity contribution in [3.8, 4) is 0 Å². The van der Waals surface area contributed by atoms with Crippen LogP contribution in [0.25, 0.3) is 0 Å². The van der Waals surface area contributed by atoms with Gasteiger partial charge in [0.25, 0.3) is 0 Å². The second kappa shape index (κ2) is 9.24. The number of amides is 2. The molecule has 2 heterocycles. The zero-order chi connectivity index (χ0) is 19.1. The van der Waals surface area contributed by atoms with Gasteiger partial charge in [0.15, 0.2) is 23.3 Å². The maximum Gasteiger partial charge on any atom is 0.222 e. The van der Waals surface area contributed by atoms with Crippen molar-refractivity contribution in [1.82, 2.24) is 9.97 Å². The maximum absolute atomic E-state index is 13.3. The maximum atomic E-state index is 13.3. The fourth-order valence-electron chi connectivity index (χ4n) is 1.48. The Bertz CT molecular complexity index is 803. The molecule has 0 saturated heterocycles. The molecule has 0 unspecified atom stereocenters. The van der Waals surface area contributed by atoms with E-state index in [1.165, 1.54) is 33.2 Å². The number of halogens is 4. The van der Waals surface area contributed by atoms with E-state index in [9.17, 15) is 18.4 Å². The van der Waals surface area contributed by atoms with Crippen LogP contribution in [0.2, 0.25) is 10.0 Å². The van der Waals surface area contributed by atoms with Gasteiger partial charge in [-0.05, 0) is 13.0 Å². The second-order valence-corrected chi connectivity index (χ2v) is 5.58. The van der Waals surface area contributed by atoms with Crippen LogP contribution in [0.15, 0.2) is 18.5 Å². The molecule has 2 aromatic heterocycles. The molecule has 0 spiro atoms. The molecular formula is C15H14Cl2F2N4O2. The molecule has 2 rings (SSSR count). The largest absolute Gasteiger partial charge is 0.308 e. The van der Waals surface area contributed by atoms with Crippen molar-refractivity contribution in [1.29, 1.82) is 0 Å². The molecule has 0 aromatic carbocycles. The van der Waals surface area contributed by atoms with Crippen LogP contribution < -0.4 is 10.6 Å². The summed E-state index contributed by atoms with van der Waals surface area (Å²) in [5.41, 5.74) is 0.278. The summed E-state index contributed by atoms with van der Waals surface area (Å²) in [6.07, 6.45) is 2.56. The molecule has 0 aliphatic carbocycles. The number of carbonyl (C=O) groups is 2. The predicted molar refractivity (Wildman–Crippen MR) is 91.8 cm³/mol. The molecule has 134 valence electrons. The molecule has 2 N–H and O–H groups in total. The number of hydrogen-bond donors (Lipinski definition) is 2. The highest BCUT2D eigenvalue weighted by molar-refractivity contribution is 6.31. The highest BCUT2D eigenvalue weighted by Crippen LogP contribution is 2.21. The van der Waals surface area contributed by atoms with Crippen molar-refractivity contribution < 1.29 is 18.4 Å². The first-order chi connectivity index (χ1) is 11.6. The molecule has 0 bridgehead atoms. The van der Waals surface area contributed by atoms with Crippen molar-refractivity contribution in [2.45, 2.75) is 20.8 Å². The highest BCUT2D eigenvalue weighted by Gasteiger charge is 2.10. The average molecular weight is 391 g/mol. The SMILES string of the molecule is CC(=O)Nc1ncc(Cl)c(C)c1F.CC(=O)Nc1ncc(Cl)cc1F. The van der Waals surface area contributed by atoms with Crippen molar-refractivity contribution in [3.63, 3.8) is 0 Å². The summed E-state index contributed by atoms with van der Waals surface area (Å²) >= 11 is 11.0. The first-order valence-corrected chi connectivity index (χ1v) is 7.54. The number of carbonyl (C=O) groups excluding carboxylic acids is 2. The Balaban J connectivity index is 0.000000251. The number of rotatable bonds is 2. The van der Waals surface area contributed by atoms with Gasteiger partial charge in [0.1, 0.15) is 0 Å². The summed E-state index contributed by atoms with van der Waals surface area (Å²) < 4.78 is 26.1. The average Bonchev–Trinajstić information content (AvgIpc) is 2.51. The Kier molecular flexibility index (Phi) is 7.66. The molecule has 2 amide bonds. The van der Waals surface area contributed by atoms with Gasteiger partial charge in [-0.15, -0.1) is 0 Å². The molecule has 0 fully saturated rings. The summed E-state index contributed by atoms with van der Waals surface area (Å²) in [4.78, 5) is 28.3. The van der Waals surface area contributed by atoms with Crippen LogP contribution in [0, 0.1) is 18.6 Å². The normalized spacial score (nSPS) is 9.72. The Morgan fingerprint density at radius 3 is 2.04 bits per heavy atom. The zero-order valence-electron chi connectivity index (χ0n) is 13.5.